The zero-order chi connectivity index (χ0) is 13.1. The summed E-state index contributed by atoms with van der Waals surface area (Å²) >= 11 is 2.07. The van der Waals surface area contributed by atoms with Crippen LogP contribution >= 0.6 is 11.8 Å². The number of nitrogens with zero attached hydrogens (tertiary/aromatic N) is 1. The van der Waals surface area contributed by atoms with Crippen LogP contribution in [0.25, 0.3) is 0 Å². The Kier molecular flexibility index (Phi) is 4.40. The minimum absolute atomic E-state index is 0.695. The maximum absolute atomic E-state index is 5.86. The van der Waals surface area contributed by atoms with Gasteiger partial charge in [0.1, 0.15) is 5.75 Å². The highest BCUT2D eigenvalue weighted by atomic mass is 32.2. The fraction of sp³-hybridized carbons (Fsp3) is 0.571. The van der Waals surface area contributed by atoms with Crippen LogP contribution in [-0.4, -0.2) is 35.6 Å². The summed E-state index contributed by atoms with van der Waals surface area (Å²) < 4.78 is 5.41. The molecule has 3 nitrogen and oxygen atoms in total. The van der Waals surface area contributed by atoms with E-state index in [1.807, 2.05) is 18.2 Å². The number of ether oxygens (including phenoxy) is 1. The van der Waals surface area contributed by atoms with Gasteiger partial charge >= 0.3 is 0 Å². The Labute approximate surface area is 114 Å². The lowest BCUT2D eigenvalue weighted by Crippen LogP contribution is -2.39. The molecule has 2 N–H and O–H groups in total. The number of benzene rings is 1. The molecule has 0 aliphatic carbocycles. The number of methoxy groups -OCH3 is 1. The van der Waals surface area contributed by atoms with Crippen molar-refractivity contribution in [3.63, 3.8) is 0 Å². The molecule has 2 atom stereocenters. The first-order valence-corrected chi connectivity index (χ1v) is 7.33. The van der Waals surface area contributed by atoms with E-state index in [2.05, 4.69) is 30.5 Å². The first kappa shape index (κ1) is 13.6. The van der Waals surface area contributed by atoms with Gasteiger partial charge in [0.15, 0.2) is 0 Å². The first-order chi connectivity index (χ1) is 8.58. The van der Waals surface area contributed by atoms with Crippen LogP contribution in [0.1, 0.15) is 19.4 Å². The van der Waals surface area contributed by atoms with Crippen LogP contribution in [0.15, 0.2) is 18.2 Å². The van der Waals surface area contributed by atoms with Gasteiger partial charge in [-0.2, -0.15) is 11.8 Å². The number of nitrogen functional groups attached to an aromatic ring is 1. The van der Waals surface area contributed by atoms with Gasteiger partial charge in [-0.05, 0) is 18.2 Å². The Hall–Kier alpha value is -0.870. The van der Waals surface area contributed by atoms with E-state index in [0.717, 1.165) is 31.1 Å². The molecule has 4 heteroatoms. The minimum atomic E-state index is 0.695. The van der Waals surface area contributed by atoms with Crippen molar-refractivity contribution in [2.45, 2.75) is 30.9 Å². The highest BCUT2D eigenvalue weighted by Gasteiger charge is 2.22. The van der Waals surface area contributed by atoms with Gasteiger partial charge in [0.05, 0.1) is 7.11 Å². The average Bonchev–Trinajstić information content (AvgIpc) is 2.27. The zero-order valence-electron chi connectivity index (χ0n) is 11.3. The molecule has 2 unspecified atom stereocenters. The van der Waals surface area contributed by atoms with E-state index < -0.39 is 0 Å². The van der Waals surface area contributed by atoms with E-state index in [-0.39, 0.29) is 0 Å². The third-order valence-electron chi connectivity index (χ3n) is 3.19. The highest BCUT2D eigenvalue weighted by molar-refractivity contribution is 8.00. The Morgan fingerprint density at radius 2 is 2.00 bits per heavy atom. The maximum Gasteiger partial charge on any atom is 0.123 e. The molecule has 0 saturated carbocycles. The van der Waals surface area contributed by atoms with E-state index in [1.165, 1.54) is 5.56 Å². The van der Waals surface area contributed by atoms with Crippen molar-refractivity contribution in [1.29, 1.82) is 0 Å². The smallest absolute Gasteiger partial charge is 0.123 e. The lowest BCUT2D eigenvalue weighted by molar-refractivity contribution is 0.258. The molecule has 0 amide bonds. The molecule has 2 rings (SSSR count). The molecular formula is C14H22N2OS. The Bertz CT molecular complexity index is 401. The number of rotatable bonds is 3. The standard InChI is InChI=1S/C14H22N2OS/c1-10-7-16(8-11(2)18-10)9-12-6-13(15)4-5-14(12)17-3/h4-6,10-11H,7-9,15H2,1-3H3. The lowest BCUT2D eigenvalue weighted by atomic mass is 10.1. The summed E-state index contributed by atoms with van der Waals surface area (Å²) in [7, 11) is 1.71. The second-order valence-corrected chi connectivity index (χ2v) is 6.90. The van der Waals surface area contributed by atoms with Crippen molar-refractivity contribution in [2.75, 3.05) is 25.9 Å². The van der Waals surface area contributed by atoms with E-state index >= 15 is 0 Å². The Balaban J connectivity index is 2.10. The van der Waals surface area contributed by atoms with Crippen molar-refractivity contribution in [2.24, 2.45) is 0 Å². The first-order valence-electron chi connectivity index (χ1n) is 6.38. The zero-order valence-corrected chi connectivity index (χ0v) is 12.2. The second kappa shape index (κ2) is 5.85. The number of hydrogen-bond acceptors (Lipinski definition) is 4. The molecule has 1 aliphatic rings. The van der Waals surface area contributed by atoms with Crippen LogP contribution in [0.5, 0.6) is 5.75 Å². The van der Waals surface area contributed by atoms with Crippen LogP contribution in [0.3, 0.4) is 0 Å². The quantitative estimate of drug-likeness (QED) is 0.854. The van der Waals surface area contributed by atoms with E-state index in [9.17, 15) is 0 Å². The molecule has 0 bridgehead atoms. The monoisotopic (exact) mass is 266 g/mol. The summed E-state index contributed by atoms with van der Waals surface area (Å²) in [6.07, 6.45) is 0. The second-order valence-electron chi connectivity index (χ2n) is 5.02. The van der Waals surface area contributed by atoms with E-state index in [1.54, 1.807) is 7.11 Å². The number of nitrogens with two attached hydrogens (primary N) is 1. The molecule has 0 aromatic heterocycles. The summed E-state index contributed by atoms with van der Waals surface area (Å²) in [6.45, 7) is 7.77. The van der Waals surface area contributed by atoms with Crippen LogP contribution in [0, 0.1) is 0 Å². The van der Waals surface area contributed by atoms with Gasteiger partial charge in [0.2, 0.25) is 0 Å². The summed E-state index contributed by atoms with van der Waals surface area (Å²) in [5.41, 5.74) is 7.85. The predicted molar refractivity (Wildman–Crippen MR) is 79.2 cm³/mol. The molecular weight excluding hydrogens is 244 g/mol. The molecule has 1 fully saturated rings. The highest BCUT2D eigenvalue weighted by Crippen LogP contribution is 2.28. The van der Waals surface area contributed by atoms with Gasteiger partial charge in [0.25, 0.3) is 0 Å². The molecule has 18 heavy (non-hydrogen) atoms. The average molecular weight is 266 g/mol. The normalized spacial score (nSPS) is 25.1. The van der Waals surface area contributed by atoms with Gasteiger partial charge in [-0.25, -0.2) is 0 Å². The topological polar surface area (TPSA) is 38.5 Å². The minimum Gasteiger partial charge on any atom is -0.496 e. The SMILES string of the molecule is COc1ccc(N)cc1CN1CC(C)SC(C)C1. The fourth-order valence-electron chi connectivity index (χ4n) is 2.58. The van der Waals surface area contributed by atoms with Gasteiger partial charge in [-0.3, -0.25) is 4.90 Å². The molecule has 1 saturated heterocycles. The molecule has 0 radical (unpaired) electrons. The van der Waals surface area contributed by atoms with Crippen LogP contribution < -0.4 is 10.5 Å². The number of anilines is 1. The molecule has 1 aromatic carbocycles. The largest absolute Gasteiger partial charge is 0.496 e. The van der Waals surface area contributed by atoms with Crippen molar-refractivity contribution < 1.29 is 4.74 Å². The van der Waals surface area contributed by atoms with Gasteiger partial charge < -0.3 is 10.5 Å². The van der Waals surface area contributed by atoms with Crippen molar-refractivity contribution in [3.05, 3.63) is 23.8 Å². The summed E-state index contributed by atoms with van der Waals surface area (Å²) in [5.74, 6) is 0.933. The van der Waals surface area contributed by atoms with E-state index in [4.69, 9.17) is 10.5 Å². The Morgan fingerprint density at radius 3 is 2.61 bits per heavy atom. The predicted octanol–water partition coefficient (Wildman–Crippen LogP) is 2.60. The van der Waals surface area contributed by atoms with Crippen LogP contribution in [0.4, 0.5) is 5.69 Å². The van der Waals surface area contributed by atoms with Gasteiger partial charge in [0, 0.05) is 41.4 Å². The molecule has 1 aromatic rings. The van der Waals surface area contributed by atoms with Gasteiger partial charge in [-0.1, -0.05) is 13.8 Å². The van der Waals surface area contributed by atoms with Gasteiger partial charge in [-0.15, -0.1) is 0 Å². The fourth-order valence-corrected chi connectivity index (χ4v) is 3.96. The van der Waals surface area contributed by atoms with Crippen molar-refractivity contribution >= 4 is 17.4 Å². The van der Waals surface area contributed by atoms with E-state index in [0.29, 0.717) is 10.5 Å². The van der Waals surface area contributed by atoms with Crippen molar-refractivity contribution in [3.8, 4) is 5.75 Å². The molecule has 1 aliphatic heterocycles. The molecule has 0 spiro atoms. The third-order valence-corrected chi connectivity index (χ3v) is 4.42. The number of thioether (sulfide) groups is 1. The summed E-state index contributed by atoms with van der Waals surface area (Å²) in [4.78, 5) is 2.49. The molecule has 100 valence electrons. The summed E-state index contributed by atoms with van der Waals surface area (Å²) in [6, 6.07) is 5.87. The van der Waals surface area contributed by atoms with Crippen molar-refractivity contribution in [1.82, 2.24) is 4.90 Å². The van der Waals surface area contributed by atoms with Crippen LogP contribution in [0.2, 0.25) is 0 Å². The molecule has 1 heterocycles. The third kappa shape index (κ3) is 3.33. The summed E-state index contributed by atoms with van der Waals surface area (Å²) in [5, 5.41) is 1.39. The maximum atomic E-state index is 5.86. The van der Waals surface area contributed by atoms with Crippen LogP contribution in [-0.2, 0) is 6.54 Å². The Morgan fingerprint density at radius 1 is 1.33 bits per heavy atom. The number of hydrogen-bond donors (Lipinski definition) is 1. The lowest BCUT2D eigenvalue weighted by Gasteiger charge is -2.34.